The molecule has 0 fully saturated rings. The van der Waals surface area contributed by atoms with Crippen molar-refractivity contribution in [2.75, 3.05) is 23.9 Å². The second-order valence-electron chi connectivity index (χ2n) is 12.4. The molecule has 0 saturated heterocycles. The molecule has 0 bridgehead atoms. The fraction of sp³-hybridized carbons (Fsp3) is 0.200. The fourth-order valence-electron chi connectivity index (χ4n) is 6.24. The van der Waals surface area contributed by atoms with E-state index in [2.05, 4.69) is 110 Å². The molecule has 242 valence electrons. The number of fused-ring (bicyclic) bond motifs is 2. The molecular formula is C40H40N4NiO2. The molecule has 7 heteroatoms. The number of hydrogen-bond acceptors (Lipinski definition) is 6. The van der Waals surface area contributed by atoms with Crippen LogP contribution in [0.3, 0.4) is 0 Å². The summed E-state index contributed by atoms with van der Waals surface area (Å²) >= 11 is 0. The van der Waals surface area contributed by atoms with Crippen molar-refractivity contribution >= 4 is 22.9 Å². The van der Waals surface area contributed by atoms with Gasteiger partial charge in [-0.3, -0.25) is 19.6 Å². The topological polar surface area (TPSA) is 66.4 Å². The van der Waals surface area contributed by atoms with Crippen LogP contribution in [0.1, 0.15) is 59.8 Å². The number of anilines is 2. The summed E-state index contributed by atoms with van der Waals surface area (Å²) in [7, 11) is 4.13. The maximum absolute atomic E-state index is 12.1. The third-order valence-corrected chi connectivity index (χ3v) is 8.72. The molecule has 0 N–H and O–H groups in total. The van der Waals surface area contributed by atoms with Crippen molar-refractivity contribution in [3.05, 3.63) is 168 Å². The first-order valence-corrected chi connectivity index (χ1v) is 15.4. The molecule has 0 spiro atoms. The van der Waals surface area contributed by atoms with E-state index in [0.29, 0.717) is 11.4 Å². The van der Waals surface area contributed by atoms with Crippen LogP contribution in [0, 0.1) is 0 Å². The summed E-state index contributed by atoms with van der Waals surface area (Å²) in [6.45, 7) is 8.82. The number of carbonyl (C=O) groups excluding carboxylic acids is 2. The van der Waals surface area contributed by atoms with Gasteiger partial charge in [-0.1, -0.05) is 88.4 Å². The molecule has 4 heterocycles. The number of para-hydroxylation sites is 2. The van der Waals surface area contributed by atoms with E-state index >= 15 is 0 Å². The number of likely N-dealkylation sites (N-methyl/N-ethyl adjacent to an activating group) is 2. The van der Waals surface area contributed by atoms with Crippen molar-refractivity contribution < 1.29 is 26.1 Å². The van der Waals surface area contributed by atoms with E-state index in [0.717, 1.165) is 0 Å². The van der Waals surface area contributed by atoms with Crippen LogP contribution in [0.5, 0.6) is 0 Å². The molecular weight excluding hydrogens is 627 g/mol. The number of aromatic nitrogens is 2. The van der Waals surface area contributed by atoms with Crippen molar-refractivity contribution in [3.63, 3.8) is 0 Å². The van der Waals surface area contributed by atoms with Gasteiger partial charge in [0.25, 0.3) is 0 Å². The van der Waals surface area contributed by atoms with E-state index in [1.807, 2.05) is 36.4 Å². The van der Waals surface area contributed by atoms with Crippen molar-refractivity contribution in [2.45, 2.75) is 38.5 Å². The average Bonchev–Trinajstić information content (AvgIpc) is 3.39. The van der Waals surface area contributed by atoms with E-state index in [4.69, 9.17) is 0 Å². The molecule has 0 unspecified atom stereocenters. The molecule has 6 nitrogen and oxygen atoms in total. The van der Waals surface area contributed by atoms with Crippen LogP contribution in [0.25, 0.3) is 0 Å². The molecule has 0 atom stereocenters. The number of rotatable bonds is 6. The number of pyridine rings is 2. The minimum atomic E-state index is -0.0848. The molecule has 2 aliphatic heterocycles. The molecule has 0 saturated carbocycles. The van der Waals surface area contributed by atoms with Crippen LogP contribution in [0.4, 0.5) is 11.4 Å². The molecule has 6 rings (SSSR count). The number of hydrogen-bond donors (Lipinski definition) is 0. The summed E-state index contributed by atoms with van der Waals surface area (Å²) in [6.07, 6.45) is 14.1. The maximum Gasteiger partial charge on any atom is 0.204 e. The standard InChI is InChI=1S/2C20H20N2O.Ni/c2*1-20(2)15-9-4-5-11-17(15)22(3)19(20)13-8-12-18(23)16-10-6-7-14-21-16;/h2*4-14H,1-3H3;/b2*12-8+,19-13-;. The van der Waals surface area contributed by atoms with Gasteiger partial charge in [0.15, 0.2) is 0 Å². The van der Waals surface area contributed by atoms with E-state index in [-0.39, 0.29) is 38.9 Å². The Balaban J connectivity index is 0.000000208. The molecule has 0 amide bonds. The number of nitrogens with zero attached hydrogens (tertiary/aromatic N) is 4. The Morgan fingerprint density at radius 2 is 0.936 bits per heavy atom. The van der Waals surface area contributed by atoms with E-state index in [1.54, 1.807) is 48.8 Å². The quantitative estimate of drug-likeness (QED) is 0.117. The maximum atomic E-state index is 12.1. The zero-order valence-corrected chi connectivity index (χ0v) is 28.6. The number of ketones is 2. The van der Waals surface area contributed by atoms with Crippen LogP contribution in [-0.4, -0.2) is 35.6 Å². The Morgan fingerprint density at radius 3 is 1.28 bits per heavy atom. The second-order valence-corrected chi connectivity index (χ2v) is 12.4. The predicted octanol–water partition coefficient (Wildman–Crippen LogP) is 8.26. The van der Waals surface area contributed by atoms with Crippen LogP contribution in [0.15, 0.2) is 145 Å². The van der Waals surface area contributed by atoms with Gasteiger partial charge < -0.3 is 9.80 Å². The Morgan fingerprint density at radius 1 is 0.574 bits per heavy atom. The number of carbonyl (C=O) groups is 2. The Bertz CT molecular complexity index is 1720. The largest absolute Gasteiger partial charge is 0.347 e. The fourth-order valence-corrected chi connectivity index (χ4v) is 6.24. The van der Waals surface area contributed by atoms with Crippen molar-refractivity contribution in [1.29, 1.82) is 0 Å². The third kappa shape index (κ3) is 7.26. The first-order valence-electron chi connectivity index (χ1n) is 15.4. The van der Waals surface area contributed by atoms with Gasteiger partial charge in [-0.25, -0.2) is 0 Å². The molecule has 2 aromatic heterocycles. The number of benzene rings is 2. The smallest absolute Gasteiger partial charge is 0.204 e. The zero-order chi connectivity index (χ0) is 32.9. The molecule has 47 heavy (non-hydrogen) atoms. The summed E-state index contributed by atoms with van der Waals surface area (Å²) < 4.78 is 0. The monoisotopic (exact) mass is 666 g/mol. The van der Waals surface area contributed by atoms with Gasteiger partial charge in [0.2, 0.25) is 11.6 Å². The molecule has 0 radical (unpaired) electrons. The van der Waals surface area contributed by atoms with Crippen molar-refractivity contribution in [2.24, 2.45) is 0 Å². The van der Waals surface area contributed by atoms with Gasteiger partial charge in [-0.15, -0.1) is 0 Å². The Labute approximate surface area is 288 Å². The van der Waals surface area contributed by atoms with E-state index in [1.165, 1.54) is 33.9 Å². The SMILES string of the molecule is CN1/C(=C\C=C\C(=O)c2ccccn2)C(C)(C)c2ccccc21.CN1/C(=C\C=C\C(=O)c2ccccn2)C(C)(C)c2ccccc21.[Ni]. The van der Waals surface area contributed by atoms with Crippen LogP contribution >= 0.6 is 0 Å². The van der Waals surface area contributed by atoms with Gasteiger partial charge >= 0.3 is 0 Å². The molecule has 2 aliphatic rings. The summed E-state index contributed by atoms with van der Waals surface area (Å²) in [6, 6.07) is 27.5. The molecule has 2 aromatic carbocycles. The summed E-state index contributed by atoms with van der Waals surface area (Å²) in [5.74, 6) is -0.170. The second kappa shape index (κ2) is 14.7. The number of allylic oxidation sites excluding steroid dienone is 8. The van der Waals surface area contributed by atoms with Gasteiger partial charge in [-0.2, -0.15) is 0 Å². The molecule has 0 aliphatic carbocycles. The minimum absolute atomic E-state index is 0. The Hall–Kier alpha value is -4.87. The summed E-state index contributed by atoms with van der Waals surface area (Å²) in [5, 5.41) is 0. The van der Waals surface area contributed by atoms with Gasteiger partial charge in [0, 0.05) is 76.6 Å². The van der Waals surface area contributed by atoms with Crippen LogP contribution in [0.2, 0.25) is 0 Å². The van der Waals surface area contributed by atoms with Crippen LogP contribution in [-0.2, 0) is 27.3 Å². The first kappa shape index (κ1) is 35.0. The normalized spacial score (nSPS) is 17.3. The first-order chi connectivity index (χ1) is 22.0. The van der Waals surface area contributed by atoms with E-state index in [9.17, 15) is 9.59 Å². The zero-order valence-electron chi connectivity index (χ0n) is 27.6. The van der Waals surface area contributed by atoms with Gasteiger partial charge in [0.1, 0.15) is 11.4 Å². The Kier molecular flexibility index (Phi) is 10.9. The third-order valence-electron chi connectivity index (χ3n) is 8.72. The van der Waals surface area contributed by atoms with Crippen LogP contribution < -0.4 is 9.80 Å². The summed E-state index contributed by atoms with van der Waals surface area (Å²) in [5.41, 5.74) is 8.15. The van der Waals surface area contributed by atoms with E-state index < -0.39 is 0 Å². The van der Waals surface area contributed by atoms with Gasteiger partial charge in [0.05, 0.1) is 0 Å². The van der Waals surface area contributed by atoms with Gasteiger partial charge in [-0.05, 0) is 71.8 Å². The van der Waals surface area contributed by atoms with Crippen molar-refractivity contribution in [1.82, 2.24) is 9.97 Å². The molecule has 4 aromatic rings. The summed E-state index contributed by atoms with van der Waals surface area (Å²) in [4.78, 5) is 36.7. The predicted molar refractivity (Wildman–Crippen MR) is 187 cm³/mol. The average molecular weight is 667 g/mol. The minimum Gasteiger partial charge on any atom is -0.347 e. The van der Waals surface area contributed by atoms with Crippen molar-refractivity contribution in [3.8, 4) is 0 Å².